The van der Waals surface area contributed by atoms with Gasteiger partial charge in [-0.3, -0.25) is 39.6 Å². The molecule has 0 radical (unpaired) electrons. The van der Waals surface area contributed by atoms with Crippen molar-refractivity contribution >= 4 is 70.7 Å². The number of carbonyl (C=O) groups excluding carboxylic acids is 4. The Hall–Kier alpha value is -6.38. The van der Waals surface area contributed by atoms with E-state index in [1.807, 2.05) is 76.0 Å². The van der Waals surface area contributed by atoms with Crippen LogP contribution in [0.1, 0.15) is 234 Å². The van der Waals surface area contributed by atoms with Crippen LogP contribution in [0, 0.1) is 5.82 Å². The van der Waals surface area contributed by atoms with Gasteiger partial charge < -0.3 is 39.4 Å². The molecule has 542 valence electrons. The molecule has 5 aromatic rings. The van der Waals surface area contributed by atoms with Gasteiger partial charge in [0.1, 0.15) is 35.7 Å². The zero-order valence-corrected chi connectivity index (χ0v) is 62.1. The van der Waals surface area contributed by atoms with Crippen LogP contribution in [0.25, 0.3) is 21.2 Å². The number of benzene rings is 4. The average molecular weight is 1370 g/mol. The lowest BCUT2D eigenvalue weighted by atomic mass is 9.85. The number of ether oxygens (including phenoxy) is 4. The molecule has 2 saturated heterocycles. The van der Waals surface area contributed by atoms with Gasteiger partial charge in [0.05, 0.1) is 4.88 Å². The smallest absolute Gasteiger partial charge is 0.246 e. The van der Waals surface area contributed by atoms with Gasteiger partial charge in [0.25, 0.3) is 0 Å². The number of unbranched alkanes of at least 4 members (excludes halogenated alkanes) is 15. The standard InChI is InChI=1S/C34H42N4O3.C21H25FN2O3S.C20H42O2.2C2H6.H2O2/c1-6-10-31(34(40)36-8-3)37(5)30-16-14-27(28-12-9-11-26(22-39)33(28)30)25-17-19-38(20-18-25)23-41-32-21-24(7-2)13-15-29(32)35-4;1-21(2)12-16(7-8-24(21)3)23-15-6-4-5-14(11-15)20-18(22)19(27-10-9-25)17(13-26)28-20;1-21-19-17-15-13-11-9-7-5-3-4-6-8-10-12-14-16-18-20-22-2;3*1-2/h8-9,11-16,21-22,25,31H,3-4,6-7,10,17-20,23H2,1-2,5H3,(H,36,40);4-6,9,11,13,16,23H,7-8,10,12H2,1-3H3;3-20H2,1-2H3;2*1-2H3;1-2H. The Kier molecular flexibility index (Phi) is 46.3. The summed E-state index contributed by atoms with van der Waals surface area (Å²) in [6, 6.07) is 23.7. The second kappa shape index (κ2) is 51.8. The first-order valence-corrected chi connectivity index (χ1v) is 36.7. The third kappa shape index (κ3) is 29.9. The van der Waals surface area contributed by atoms with Crippen LogP contribution < -0.4 is 25.0 Å². The van der Waals surface area contributed by atoms with Crippen molar-refractivity contribution in [2.75, 3.05) is 84.7 Å². The molecule has 16 nitrogen and oxygen atoms in total. The number of aldehydes is 3. The Bertz CT molecular complexity index is 2970. The molecule has 0 spiro atoms. The number of hydrogen-bond acceptors (Lipinski definition) is 16. The van der Waals surface area contributed by atoms with Crippen molar-refractivity contribution in [3.05, 3.63) is 113 Å². The summed E-state index contributed by atoms with van der Waals surface area (Å²) in [5.41, 5.74) is 6.46. The largest absolute Gasteiger partial charge is 0.481 e. The Morgan fingerprint density at radius 1 is 0.784 bits per heavy atom. The van der Waals surface area contributed by atoms with Crippen LogP contribution in [0.4, 0.5) is 21.5 Å². The molecular weight excluding hydrogens is 1240 g/mol. The lowest BCUT2D eigenvalue weighted by Gasteiger charge is -2.44. The Morgan fingerprint density at radius 2 is 1.37 bits per heavy atom. The first kappa shape index (κ1) is 86.7. The number of likely N-dealkylation sites (tertiary alicyclic amines) is 2. The molecule has 2 aliphatic rings. The minimum absolute atomic E-state index is 0.0998. The molecule has 2 aliphatic heterocycles. The van der Waals surface area contributed by atoms with Gasteiger partial charge in [-0.05, 0) is 144 Å². The van der Waals surface area contributed by atoms with E-state index in [2.05, 4.69) is 104 Å². The van der Waals surface area contributed by atoms with Gasteiger partial charge in [0.15, 0.2) is 30.4 Å². The quantitative estimate of drug-likeness (QED) is 0.00955. The predicted octanol–water partition coefficient (Wildman–Crippen LogP) is 19.4. The summed E-state index contributed by atoms with van der Waals surface area (Å²) in [6.45, 7) is 28.9. The van der Waals surface area contributed by atoms with Gasteiger partial charge in [0, 0.05) is 88.0 Å². The summed E-state index contributed by atoms with van der Waals surface area (Å²) in [6.07, 6.45) is 32.3. The van der Waals surface area contributed by atoms with Crippen molar-refractivity contribution in [3.63, 3.8) is 0 Å². The number of halogens is 1. The summed E-state index contributed by atoms with van der Waals surface area (Å²) >= 11 is 1.03. The van der Waals surface area contributed by atoms with Crippen LogP contribution in [0.3, 0.4) is 0 Å². The maximum Gasteiger partial charge on any atom is 0.246 e. The Labute approximate surface area is 587 Å². The fraction of sp³-hybridized carbons (Fsp3) is 0.582. The number of hydrogen-bond donors (Lipinski definition) is 4. The number of nitrogens with zero attached hydrogens (tertiary/aromatic N) is 4. The molecule has 1 amide bonds. The van der Waals surface area contributed by atoms with E-state index in [9.17, 15) is 23.6 Å². The van der Waals surface area contributed by atoms with Crippen molar-refractivity contribution in [1.82, 2.24) is 15.1 Å². The minimum atomic E-state index is -0.605. The normalized spacial score (nSPS) is 14.5. The monoisotopic (exact) mass is 1370 g/mol. The van der Waals surface area contributed by atoms with Crippen LogP contribution in [0.15, 0.2) is 90.6 Å². The van der Waals surface area contributed by atoms with E-state index >= 15 is 0 Å². The van der Waals surface area contributed by atoms with Crippen molar-refractivity contribution in [2.24, 2.45) is 4.99 Å². The molecule has 4 aromatic carbocycles. The number of piperidine rings is 2. The molecule has 97 heavy (non-hydrogen) atoms. The number of likely N-dealkylation sites (N-methyl/N-ethyl adjacent to an activating group) is 1. The third-order valence-corrected chi connectivity index (χ3v) is 19.1. The number of anilines is 2. The zero-order valence-electron chi connectivity index (χ0n) is 61.3. The van der Waals surface area contributed by atoms with Crippen LogP contribution in [-0.4, -0.2) is 144 Å². The number of methoxy groups -OCH3 is 2. The highest BCUT2D eigenvalue weighted by molar-refractivity contribution is 7.17. The fourth-order valence-electron chi connectivity index (χ4n) is 12.4. The topological polar surface area (TPSA) is 192 Å². The van der Waals surface area contributed by atoms with E-state index in [0.29, 0.717) is 53.7 Å². The molecule has 0 saturated carbocycles. The predicted molar refractivity (Wildman–Crippen MR) is 404 cm³/mol. The van der Waals surface area contributed by atoms with Crippen molar-refractivity contribution in [2.45, 2.75) is 227 Å². The fourth-order valence-corrected chi connectivity index (χ4v) is 13.3. The molecule has 1 aromatic heterocycles. The molecule has 7 rings (SSSR count). The highest BCUT2D eigenvalue weighted by Gasteiger charge is 2.33. The second-order valence-corrected chi connectivity index (χ2v) is 26.0. The number of aryl methyl sites for hydroxylation is 1. The Balaban J connectivity index is 0.000000500. The number of amides is 1. The van der Waals surface area contributed by atoms with Crippen molar-refractivity contribution < 1.29 is 53.0 Å². The number of thiophene rings is 1. The van der Waals surface area contributed by atoms with Gasteiger partial charge in [-0.15, -0.1) is 11.3 Å². The van der Waals surface area contributed by atoms with E-state index in [0.717, 1.165) is 123 Å². The lowest BCUT2D eigenvalue weighted by molar-refractivity contribution is -0.176. The molecule has 2 atom stereocenters. The number of rotatable bonds is 39. The summed E-state index contributed by atoms with van der Waals surface area (Å²) < 4.78 is 36.2. The molecule has 2 fully saturated rings. The highest BCUT2D eigenvalue weighted by Crippen LogP contribution is 2.42. The second-order valence-electron chi connectivity index (χ2n) is 25.0. The number of aliphatic imine (C=N–C) groups is 1. The van der Waals surface area contributed by atoms with Crippen LogP contribution in [-0.2, 0) is 25.5 Å². The molecule has 2 unspecified atom stereocenters. The van der Waals surface area contributed by atoms with E-state index in [1.165, 1.54) is 120 Å². The SMILES string of the molecule is C=CNC(=O)C(CCC)N(C)c1ccc(C2CCN(COc3cc(CC)ccc3N=C)CC2)c2cccc(C=O)c12.CC.CC.CN1CCC(Nc2cccc(-c3sc(C=O)c(OCC=O)c3F)c2)CC1(C)C.COCCCCCCCCCCCCCCCCCCOC.OO. The maximum absolute atomic E-state index is 14.8. The van der Waals surface area contributed by atoms with Gasteiger partial charge >= 0.3 is 0 Å². The molecule has 18 heteroatoms. The molecule has 0 bridgehead atoms. The van der Waals surface area contributed by atoms with Gasteiger partial charge in [0.2, 0.25) is 5.91 Å². The average Bonchev–Trinajstić information content (AvgIpc) is 1.54. The van der Waals surface area contributed by atoms with Crippen molar-refractivity contribution in [3.8, 4) is 21.9 Å². The third-order valence-electron chi connectivity index (χ3n) is 18.0. The van der Waals surface area contributed by atoms with Gasteiger partial charge in [-0.2, -0.15) is 0 Å². The van der Waals surface area contributed by atoms with Gasteiger partial charge in [-0.25, -0.2) is 4.39 Å². The molecule has 3 heterocycles. The molecular formula is C79H123FN6O10S. The van der Waals surface area contributed by atoms with E-state index in [1.54, 1.807) is 20.3 Å². The summed E-state index contributed by atoms with van der Waals surface area (Å²) in [7, 11) is 7.67. The Morgan fingerprint density at radius 3 is 1.89 bits per heavy atom. The van der Waals surface area contributed by atoms with E-state index < -0.39 is 5.82 Å². The summed E-state index contributed by atoms with van der Waals surface area (Å²) in [5, 5.41) is 20.3. The lowest BCUT2D eigenvalue weighted by Crippen LogP contribution is -2.50. The van der Waals surface area contributed by atoms with Crippen LogP contribution in [0.5, 0.6) is 11.5 Å². The van der Waals surface area contributed by atoms with Crippen LogP contribution >= 0.6 is 11.3 Å². The van der Waals surface area contributed by atoms with E-state index in [-0.39, 0.29) is 34.7 Å². The molecule has 4 N–H and O–H groups in total. The molecule has 0 aliphatic carbocycles. The highest BCUT2D eigenvalue weighted by atomic mass is 32.1. The first-order valence-electron chi connectivity index (χ1n) is 35.9. The first-order chi connectivity index (χ1) is 47.2. The van der Waals surface area contributed by atoms with Crippen LogP contribution in [0.2, 0.25) is 0 Å². The number of carbonyl (C=O) groups is 4. The summed E-state index contributed by atoms with van der Waals surface area (Å²) in [5.74, 6) is 0.275. The van der Waals surface area contributed by atoms with Crippen molar-refractivity contribution in [1.29, 1.82) is 0 Å². The number of nitrogens with one attached hydrogen (secondary N) is 2. The number of fused-ring (bicyclic) bond motifs is 1. The zero-order chi connectivity index (χ0) is 71.8. The minimum Gasteiger partial charge on any atom is -0.481 e. The summed E-state index contributed by atoms with van der Waals surface area (Å²) in [4.78, 5) is 58.1. The maximum atomic E-state index is 14.8. The van der Waals surface area contributed by atoms with Gasteiger partial charge in [-0.1, -0.05) is 187 Å². The van der Waals surface area contributed by atoms with E-state index in [4.69, 9.17) is 29.5 Å².